The van der Waals surface area contributed by atoms with Gasteiger partial charge in [-0.1, -0.05) is 42.5 Å². The van der Waals surface area contributed by atoms with Crippen LogP contribution in [0.5, 0.6) is 0 Å². The number of aliphatic hydroxyl groups is 2. The average Bonchev–Trinajstić information content (AvgIpc) is 2.29. The van der Waals surface area contributed by atoms with E-state index in [-0.39, 0.29) is 12.2 Å². The molecule has 3 heteroatoms. The number of benzene rings is 1. The molecule has 84 valence electrons. The number of allylic oxidation sites excluding steroid dienone is 1. The lowest BCUT2D eigenvalue weighted by Gasteiger charge is -2.30. The third kappa shape index (κ3) is 2.05. The fraction of sp³-hybridized carbons (Fsp3) is 0.308. The van der Waals surface area contributed by atoms with E-state index in [0.29, 0.717) is 12.0 Å². The van der Waals surface area contributed by atoms with Gasteiger partial charge in [0.2, 0.25) is 0 Å². The zero-order chi connectivity index (χ0) is 11.6. The van der Waals surface area contributed by atoms with Crippen molar-refractivity contribution < 1.29 is 15.0 Å². The van der Waals surface area contributed by atoms with Crippen LogP contribution in [0.15, 0.2) is 42.5 Å². The van der Waals surface area contributed by atoms with Gasteiger partial charge in [-0.05, 0) is 6.42 Å². The Bertz CT molecular complexity index is 406. The Balaban J connectivity index is 2.28. The van der Waals surface area contributed by atoms with E-state index in [2.05, 4.69) is 0 Å². The van der Waals surface area contributed by atoms with Gasteiger partial charge in [-0.15, -0.1) is 0 Å². The molecule has 0 bridgehead atoms. The number of Topliss-reactive ketones (excluding diaryl/α,β-unsaturated/α-hetero) is 1. The monoisotopic (exact) mass is 218 g/mol. The highest BCUT2D eigenvalue weighted by Crippen LogP contribution is 2.29. The molecule has 1 aromatic carbocycles. The van der Waals surface area contributed by atoms with Gasteiger partial charge in [-0.2, -0.15) is 0 Å². The van der Waals surface area contributed by atoms with Crippen LogP contribution in [0.1, 0.15) is 23.2 Å². The van der Waals surface area contributed by atoms with E-state index in [1.165, 1.54) is 0 Å². The van der Waals surface area contributed by atoms with E-state index < -0.39 is 11.7 Å². The zero-order valence-corrected chi connectivity index (χ0v) is 8.84. The van der Waals surface area contributed by atoms with Gasteiger partial charge in [0.05, 0.1) is 5.92 Å². The molecular formula is C13H14O3. The van der Waals surface area contributed by atoms with Crippen molar-refractivity contribution in [1.29, 1.82) is 0 Å². The molecule has 2 N–H and O–H groups in total. The summed E-state index contributed by atoms with van der Waals surface area (Å²) < 4.78 is 0. The topological polar surface area (TPSA) is 57.5 Å². The molecule has 0 aromatic heterocycles. The van der Waals surface area contributed by atoms with Crippen LogP contribution >= 0.6 is 0 Å². The molecule has 0 aliphatic heterocycles. The highest BCUT2D eigenvalue weighted by molar-refractivity contribution is 5.99. The minimum absolute atomic E-state index is 0.201. The van der Waals surface area contributed by atoms with Crippen molar-refractivity contribution in [2.75, 3.05) is 0 Å². The lowest BCUT2D eigenvalue weighted by molar-refractivity contribution is -0.184. The number of hydrogen-bond donors (Lipinski definition) is 2. The van der Waals surface area contributed by atoms with Gasteiger partial charge in [-0.25, -0.2) is 0 Å². The van der Waals surface area contributed by atoms with Crippen LogP contribution < -0.4 is 0 Å². The first-order chi connectivity index (χ1) is 7.61. The summed E-state index contributed by atoms with van der Waals surface area (Å²) in [6.07, 6.45) is 4.19. The average molecular weight is 218 g/mol. The molecular weight excluding hydrogens is 204 g/mol. The molecule has 0 saturated carbocycles. The highest BCUT2D eigenvalue weighted by Gasteiger charge is 2.39. The molecule has 3 nitrogen and oxygen atoms in total. The Kier molecular flexibility index (Phi) is 2.90. The predicted octanol–water partition coefficient (Wildman–Crippen LogP) is 1.52. The molecule has 0 radical (unpaired) electrons. The summed E-state index contributed by atoms with van der Waals surface area (Å²) in [7, 11) is 0. The molecule has 1 atom stereocenters. The summed E-state index contributed by atoms with van der Waals surface area (Å²) in [6.45, 7) is 0. The Labute approximate surface area is 94.0 Å². The summed E-state index contributed by atoms with van der Waals surface area (Å²) in [5.41, 5.74) is 0.506. The van der Waals surface area contributed by atoms with E-state index in [1.54, 1.807) is 30.3 Å². The van der Waals surface area contributed by atoms with E-state index in [4.69, 9.17) is 0 Å². The Morgan fingerprint density at radius 1 is 1.25 bits per heavy atom. The first-order valence-electron chi connectivity index (χ1n) is 5.32. The number of rotatable bonds is 2. The fourth-order valence-corrected chi connectivity index (χ4v) is 1.92. The molecule has 1 aliphatic rings. The second-order valence-electron chi connectivity index (χ2n) is 4.05. The summed E-state index contributed by atoms with van der Waals surface area (Å²) in [4.78, 5) is 12.0. The van der Waals surface area contributed by atoms with Crippen LogP contribution in [-0.2, 0) is 0 Å². The fourth-order valence-electron chi connectivity index (χ4n) is 1.92. The van der Waals surface area contributed by atoms with Crippen molar-refractivity contribution in [2.24, 2.45) is 5.92 Å². The SMILES string of the molecule is O=C(c1ccccc1)C1C=CCCC1(O)O. The lowest BCUT2D eigenvalue weighted by Crippen LogP contribution is -2.42. The van der Waals surface area contributed by atoms with Crippen LogP contribution in [-0.4, -0.2) is 21.8 Å². The molecule has 0 amide bonds. The van der Waals surface area contributed by atoms with Crippen LogP contribution in [0, 0.1) is 5.92 Å². The minimum atomic E-state index is -1.92. The summed E-state index contributed by atoms with van der Waals surface area (Å²) in [5.74, 6) is -3.02. The van der Waals surface area contributed by atoms with Gasteiger partial charge in [0.15, 0.2) is 11.6 Å². The molecule has 1 unspecified atom stereocenters. The Hall–Kier alpha value is -1.45. The summed E-state index contributed by atoms with van der Waals surface area (Å²) >= 11 is 0. The Morgan fingerprint density at radius 3 is 2.56 bits per heavy atom. The quantitative estimate of drug-likeness (QED) is 0.449. The maximum Gasteiger partial charge on any atom is 0.176 e. The van der Waals surface area contributed by atoms with Gasteiger partial charge in [0.1, 0.15) is 0 Å². The van der Waals surface area contributed by atoms with E-state index in [0.717, 1.165) is 0 Å². The van der Waals surface area contributed by atoms with E-state index in [1.807, 2.05) is 12.1 Å². The third-order valence-corrected chi connectivity index (χ3v) is 2.85. The van der Waals surface area contributed by atoms with Gasteiger partial charge < -0.3 is 10.2 Å². The molecule has 16 heavy (non-hydrogen) atoms. The summed E-state index contributed by atoms with van der Waals surface area (Å²) in [6, 6.07) is 8.70. The molecule has 0 spiro atoms. The maximum absolute atomic E-state index is 12.0. The van der Waals surface area contributed by atoms with Crippen molar-refractivity contribution in [1.82, 2.24) is 0 Å². The molecule has 1 aromatic rings. The zero-order valence-electron chi connectivity index (χ0n) is 8.84. The number of ketones is 1. The van der Waals surface area contributed by atoms with Crippen molar-refractivity contribution in [2.45, 2.75) is 18.6 Å². The first-order valence-corrected chi connectivity index (χ1v) is 5.32. The summed E-state index contributed by atoms with van der Waals surface area (Å²) in [5, 5.41) is 19.5. The third-order valence-electron chi connectivity index (χ3n) is 2.85. The lowest BCUT2D eigenvalue weighted by atomic mass is 9.83. The molecule has 0 heterocycles. The second-order valence-corrected chi connectivity index (χ2v) is 4.05. The van der Waals surface area contributed by atoms with Crippen molar-refractivity contribution in [3.63, 3.8) is 0 Å². The van der Waals surface area contributed by atoms with E-state index >= 15 is 0 Å². The molecule has 2 rings (SSSR count). The first kappa shape index (κ1) is 11.0. The maximum atomic E-state index is 12.0. The predicted molar refractivity (Wildman–Crippen MR) is 59.8 cm³/mol. The van der Waals surface area contributed by atoms with Crippen LogP contribution in [0.25, 0.3) is 0 Å². The largest absolute Gasteiger partial charge is 0.365 e. The van der Waals surface area contributed by atoms with Gasteiger partial charge >= 0.3 is 0 Å². The van der Waals surface area contributed by atoms with Crippen LogP contribution in [0.4, 0.5) is 0 Å². The van der Waals surface area contributed by atoms with Crippen molar-refractivity contribution >= 4 is 5.78 Å². The number of carbonyl (C=O) groups excluding carboxylic acids is 1. The number of hydrogen-bond acceptors (Lipinski definition) is 3. The smallest absolute Gasteiger partial charge is 0.176 e. The molecule has 0 saturated heterocycles. The van der Waals surface area contributed by atoms with Crippen LogP contribution in [0.2, 0.25) is 0 Å². The Morgan fingerprint density at radius 2 is 1.94 bits per heavy atom. The molecule has 1 aliphatic carbocycles. The van der Waals surface area contributed by atoms with E-state index in [9.17, 15) is 15.0 Å². The number of carbonyl (C=O) groups is 1. The highest BCUT2D eigenvalue weighted by atomic mass is 16.5. The van der Waals surface area contributed by atoms with Gasteiger partial charge in [0.25, 0.3) is 0 Å². The standard InChI is InChI=1S/C13H14O3/c14-12(10-6-2-1-3-7-10)11-8-4-5-9-13(11,15)16/h1-4,6-8,11,15-16H,5,9H2. The van der Waals surface area contributed by atoms with Crippen molar-refractivity contribution in [3.8, 4) is 0 Å². The van der Waals surface area contributed by atoms with Gasteiger partial charge in [-0.3, -0.25) is 4.79 Å². The second kappa shape index (κ2) is 4.20. The van der Waals surface area contributed by atoms with Gasteiger partial charge in [0, 0.05) is 12.0 Å². The van der Waals surface area contributed by atoms with Crippen molar-refractivity contribution in [3.05, 3.63) is 48.0 Å². The minimum Gasteiger partial charge on any atom is -0.365 e. The normalized spacial score (nSPS) is 23.0. The van der Waals surface area contributed by atoms with Crippen LogP contribution in [0.3, 0.4) is 0 Å². The molecule has 0 fully saturated rings.